The Kier molecular flexibility index (Phi) is 8.79. The van der Waals surface area contributed by atoms with Gasteiger partial charge in [-0.1, -0.05) is 60.7 Å². The van der Waals surface area contributed by atoms with Gasteiger partial charge in [0.15, 0.2) is 0 Å². The minimum Gasteiger partial charge on any atom is -0.493 e. The van der Waals surface area contributed by atoms with Gasteiger partial charge in [0.2, 0.25) is 0 Å². The van der Waals surface area contributed by atoms with Gasteiger partial charge < -0.3 is 9.64 Å². The van der Waals surface area contributed by atoms with Gasteiger partial charge in [0.25, 0.3) is 5.91 Å². The first kappa shape index (κ1) is 26.4. The van der Waals surface area contributed by atoms with Crippen molar-refractivity contribution in [3.05, 3.63) is 120 Å². The third-order valence-electron chi connectivity index (χ3n) is 7.24. The fourth-order valence-electron chi connectivity index (χ4n) is 5.12. The van der Waals surface area contributed by atoms with Crippen LogP contribution in [0.25, 0.3) is 11.1 Å². The summed E-state index contributed by atoms with van der Waals surface area (Å²) in [5.74, 6) is 1.11. The molecule has 1 aliphatic rings. The zero-order valence-electron chi connectivity index (χ0n) is 22.2. The molecule has 1 aromatic heterocycles. The number of nitrogens with zero attached hydrogens (tertiary/aromatic N) is 2. The van der Waals surface area contributed by atoms with Crippen LogP contribution in [0.4, 0.5) is 0 Å². The van der Waals surface area contributed by atoms with Crippen LogP contribution in [0.3, 0.4) is 0 Å². The Labute approximate surface area is 230 Å². The third kappa shape index (κ3) is 6.99. The number of aryl methyl sites for hydroxylation is 1. The summed E-state index contributed by atoms with van der Waals surface area (Å²) in [4.78, 5) is 31.7. The molecule has 1 amide bonds. The second-order valence-corrected chi connectivity index (χ2v) is 10.0. The van der Waals surface area contributed by atoms with Crippen LogP contribution >= 0.6 is 0 Å². The number of ketones is 1. The van der Waals surface area contributed by atoms with Crippen molar-refractivity contribution in [2.45, 2.75) is 38.5 Å². The van der Waals surface area contributed by atoms with E-state index in [1.165, 1.54) is 0 Å². The molecule has 4 aromatic rings. The first-order valence-corrected chi connectivity index (χ1v) is 13.8. The number of rotatable bonds is 11. The summed E-state index contributed by atoms with van der Waals surface area (Å²) < 4.78 is 6.06. The van der Waals surface area contributed by atoms with E-state index < -0.39 is 0 Å². The number of aromatic nitrogens is 1. The molecular weight excluding hydrogens is 484 g/mol. The number of hydrogen-bond donors (Lipinski definition) is 0. The summed E-state index contributed by atoms with van der Waals surface area (Å²) in [7, 11) is 0. The summed E-state index contributed by atoms with van der Waals surface area (Å²) in [5.41, 5.74) is 6.03. The topological polar surface area (TPSA) is 59.5 Å². The predicted octanol–water partition coefficient (Wildman–Crippen LogP) is 6.35. The quantitative estimate of drug-likeness (QED) is 0.232. The van der Waals surface area contributed by atoms with E-state index in [-0.39, 0.29) is 11.7 Å². The number of amides is 1. The number of likely N-dealkylation sites (tertiary alicyclic amines) is 1. The number of carbonyl (C=O) groups is 2. The molecule has 5 rings (SSSR count). The van der Waals surface area contributed by atoms with Gasteiger partial charge in [-0.3, -0.25) is 14.6 Å². The van der Waals surface area contributed by atoms with Crippen molar-refractivity contribution in [3.63, 3.8) is 0 Å². The molecule has 5 nitrogen and oxygen atoms in total. The zero-order valence-corrected chi connectivity index (χ0v) is 22.2. The lowest BCUT2D eigenvalue weighted by molar-refractivity contribution is -0.118. The van der Waals surface area contributed by atoms with Crippen LogP contribution in [0, 0.1) is 0 Å². The van der Waals surface area contributed by atoms with Gasteiger partial charge >= 0.3 is 0 Å². The van der Waals surface area contributed by atoms with Crippen LogP contribution < -0.4 is 4.74 Å². The Morgan fingerprint density at radius 3 is 2.28 bits per heavy atom. The first-order chi connectivity index (χ1) is 19.2. The minimum absolute atomic E-state index is 0.116. The van der Waals surface area contributed by atoms with Crippen molar-refractivity contribution < 1.29 is 14.3 Å². The molecule has 0 bridgehead atoms. The van der Waals surface area contributed by atoms with Gasteiger partial charge in [0, 0.05) is 50.3 Å². The Hall–Kier alpha value is -4.25. The first-order valence-electron chi connectivity index (χ1n) is 13.8. The lowest BCUT2D eigenvalue weighted by Crippen LogP contribution is -2.28. The molecule has 1 aliphatic heterocycles. The molecule has 0 atom stereocenters. The van der Waals surface area contributed by atoms with E-state index in [0.717, 1.165) is 71.5 Å². The largest absolute Gasteiger partial charge is 0.493 e. The number of hydrogen-bond acceptors (Lipinski definition) is 4. The van der Waals surface area contributed by atoms with E-state index in [0.29, 0.717) is 25.9 Å². The van der Waals surface area contributed by atoms with Crippen molar-refractivity contribution in [2.75, 3.05) is 19.7 Å². The van der Waals surface area contributed by atoms with Crippen LogP contribution in [-0.2, 0) is 24.1 Å². The van der Waals surface area contributed by atoms with Gasteiger partial charge in [-0.2, -0.15) is 0 Å². The third-order valence-corrected chi connectivity index (χ3v) is 7.24. The van der Waals surface area contributed by atoms with Gasteiger partial charge in [0.05, 0.1) is 6.61 Å². The minimum atomic E-state index is 0.116. The van der Waals surface area contributed by atoms with Gasteiger partial charge in [-0.15, -0.1) is 0 Å². The molecule has 0 radical (unpaired) electrons. The van der Waals surface area contributed by atoms with Crippen molar-refractivity contribution in [3.8, 4) is 16.9 Å². The Morgan fingerprint density at radius 2 is 1.51 bits per heavy atom. The molecule has 0 N–H and O–H groups in total. The van der Waals surface area contributed by atoms with Crippen LogP contribution in [0.5, 0.6) is 5.75 Å². The molecule has 1 fully saturated rings. The van der Waals surface area contributed by atoms with Crippen LogP contribution in [-0.4, -0.2) is 41.3 Å². The predicted molar refractivity (Wildman–Crippen MR) is 154 cm³/mol. The SMILES string of the molecule is O=C(CCc1cccnc1)Cc1ccc(OCCc2ccccc2-c2ccccc2C(=O)N2CCCC2)cc1. The highest BCUT2D eigenvalue weighted by Crippen LogP contribution is 2.29. The Balaban J connectivity index is 1.17. The molecule has 0 aliphatic carbocycles. The number of ether oxygens (including phenoxy) is 1. The van der Waals surface area contributed by atoms with Gasteiger partial charge in [0.1, 0.15) is 11.5 Å². The van der Waals surface area contributed by atoms with Crippen LogP contribution in [0.15, 0.2) is 97.3 Å². The fraction of sp³-hybridized carbons (Fsp3) is 0.265. The van der Waals surface area contributed by atoms with Gasteiger partial charge in [-0.05, 0) is 71.3 Å². The molecule has 0 saturated carbocycles. The van der Waals surface area contributed by atoms with Crippen molar-refractivity contribution in [1.29, 1.82) is 0 Å². The average Bonchev–Trinajstić information content (AvgIpc) is 3.53. The monoisotopic (exact) mass is 518 g/mol. The van der Waals surface area contributed by atoms with Crippen molar-refractivity contribution in [2.24, 2.45) is 0 Å². The van der Waals surface area contributed by atoms with E-state index in [9.17, 15) is 9.59 Å². The lowest BCUT2D eigenvalue weighted by Gasteiger charge is -2.19. The van der Waals surface area contributed by atoms with Gasteiger partial charge in [-0.25, -0.2) is 0 Å². The molecule has 1 saturated heterocycles. The van der Waals surface area contributed by atoms with Crippen LogP contribution in [0.2, 0.25) is 0 Å². The second-order valence-electron chi connectivity index (χ2n) is 10.0. The van der Waals surface area contributed by atoms with E-state index in [4.69, 9.17) is 4.74 Å². The smallest absolute Gasteiger partial charge is 0.254 e. The summed E-state index contributed by atoms with van der Waals surface area (Å²) in [5, 5.41) is 0. The molecule has 198 valence electrons. The summed E-state index contributed by atoms with van der Waals surface area (Å²) in [6.07, 6.45) is 8.06. The Morgan fingerprint density at radius 1 is 0.769 bits per heavy atom. The molecule has 0 spiro atoms. The molecule has 2 heterocycles. The van der Waals surface area contributed by atoms with Crippen LogP contribution in [0.1, 0.15) is 46.3 Å². The fourth-order valence-corrected chi connectivity index (χ4v) is 5.12. The van der Waals surface area contributed by atoms with Crippen molar-refractivity contribution >= 4 is 11.7 Å². The number of carbonyl (C=O) groups excluding carboxylic acids is 2. The number of Topliss-reactive ketones (excluding diaryl/α,β-unsaturated/α-hetero) is 1. The maximum Gasteiger partial charge on any atom is 0.254 e. The maximum absolute atomic E-state index is 13.2. The Bertz CT molecular complexity index is 1390. The standard InChI is InChI=1S/C34H34N2O3/c37-29(16-13-27-8-7-20-35-25-27)24-26-14-17-30(18-15-26)39-23-19-28-9-1-2-10-31(28)32-11-3-4-12-33(32)34(38)36-21-5-6-22-36/h1-4,7-12,14-15,17-18,20,25H,5-6,13,16,19,21-24H2. The van der Waals surface area contributed by atoms with Crippen molar-refractivity contribution in [1.82, 2.24) is 9.88 Å². The highest BCUT2D eigenvalue weighted by molar-refractivity contribution is 6.01. The van der Waals surface area contributed by atoms with E-state index in [1.807, 2.05) is 83.9 Å². The van der Waals surface area contributed by atoms with E-state index in [1.54, 1.807) is 6.20 Å². The lowest BCUT2D eigenvalue weighted by atomic mass is 9.93. The molecule has 0 unspecified atom stereocenters. The summed E-state index contributed by atoms with van der Waals surface area (Å²) >= 11 is 0. The second kappa shape index (κ2) is 13.0. The maximum atomic E-state index is 13.2. The van der Waals surface area contributed by atoms with E-state index in [2.05, 4.69) is 17.1 Å². The molecule has 39 heavy (non-hydrogen) atoms. The average molecular weight is 519 g/mol. The van der Waals surface area contributed by atoms with E-state index >= 15 is 0 Å². The number of pyridine rings is 1. The number of benzene rings is 3. The zero-order chi connectivity index (χ0) is 26.9. The molecule has 5 heteroatoms. The normalized spacial score (nSPS) is 12.9. The highest BCUT2D eigenvalue weighted by atomic mass is 16.5. The highest BCUT2D eigenvalue weighted by Gasteiger charge is 2.22. The summed E-state index contributed by atoms with van der Waals surface area (Å²) in [6, 6.07) is 27.8. The summed E-state index contributed by atoms with van der Waals surface area (Å²) in [6.45, 7) is 2.19. The molecule has 3 aromatic carbocycles. The molecular formula is C34H34N2O3.